The lowest BCUT2D eigenvalue weighted by Crippen LogP contribution is -2.15. The maximum absolute atomic E-state index is 11.6. The molecule has 0 spiro atoms. The second kappa shape index (κ2) is 6.57. The van der Waals surface area contributed by atoms with Crippen LogP contribution in [0.3, 0.4) is 0 Å². The van der Waals surface area contributed by atoms with Crippen molar-refractivity contribution in [3.05, 3.63) is 53.3 Å². The molecular weight excluding hydrogens is 316 g/mol. The number of nitrogens with zero attached hydrogens (tertiary/aromatic N) is 2. The fourth-order valence-electron chi connectivity index (χ4n) is 3.27. The third-order valence-corrected chi connectivity index (χ3v) is 4.40. The van der Waals surface area contributed by atoms with Crippen molar-refractivity contribution in [3.63, 3.8) is 0 Å². The zero-order valence-electron chi connectivity index (χ0n) is 14.1. The number of para-hydroxylation sites is 1. The fourth-order valence-corrected chi connectivity index (χ4v) is 3.27. The van der Waals surface area contributed by atoms with Crippen molar-refractivity contribution >= 4 is 22.1 Å². The molecule has 0 saturated carbocycles. The maximum Gasteiger partial charge on any atom is 0.418 e. The van der Waals surface area contributed by atoms with E-state index in [0.29, 0.717) is 11.2 Å². The number of aryl methyl sites for hydroxylation is 1. The van der Waals surface area contributed by atoms with Crippen LogP contribution in [0, 0.1) is 0 Å². The molecule has 0 radical (unpaired) electrons. The quantitative estimate of drug-likeness (QED) is 0.530. The van der Waals surface area contributed by atoms with Gasteiger partial charge in [-0.1, -0.05) is 25.1 Å². The Bertz CT molecular complexity index is 1070. The number of fused-ring (bicyclic) bond motifs is 2. The van der Waals surface area contributed by atoms with E-state index in [4.69, 9.17) is 4.42 Å². The topological polar surface area (TPSA) is 75.8 Å². The Morgan fingerprint density at radius 1 is 1.24 bits per heavy atom. The highest BCUT2D eigenvalue weighted by Gasteiger charge is 2.15. The van der Waals surface area contributed by atoms with Gasteiger partial charge in [-0.3, -0.25) is 4.98 Å². The van der Waals surface area contributed by atoms with Crippen molar-refractivity contribution in [1.82, 2.24) is 19.9 Å². The van der Waals surface area contributed by atoms with Gasteiger partial charge in [-0.2, -0.15) is 0 Å². The Balaban J connectivity index is 1.82. The number of aromatic amines is 1. The number of pyridine rings is 1. The fraction of sp³-hybridized carbons (Fsp3) is 0.263. The first-order chi connectivity index (χ1) is 12.3. The zero-order valence-corrected chi connectivity index (χ0v) is 14.1. The van der Waals surface area contributed by atoms with Crippen molar-refractivity contribution in [2.45, 2.75) is 19.9 Å². The molecule has 25 heavy (non-hydrogen) atoms. The lowest BCUT2D eigenvalue weighted by Gasteiger charge is -2.05. The third kappa shape index (κ3) is 2.85. The van der Waals surface area contributed by atoms with Gasteiger partial charge in [0.05, 0.1) is 0 Å². The molecule has 0 aliphatic carbocycles. The molecule has 0 aliphatic rings. The standard InChI is InChI=1S/C19H20N4O2/c1-2-20-9-5-11-23-12-15(13-6-3-4-7-16(13)23)14-8-10-21-18-17(14)25-19(24)22-18/h3-4,6-8,10,12,20H,2,5,9,11H2,1H3,(H,21,22,24). The molecule has 0 amide bonds. The molecule has 3 heterocycles. The minimum absolute atomic E-state index is 0.478. The molecule has 4 rings (SSSR count). The highest BCUT2D eigenvalue weighted by Crippen LogP contribution is 2.34. The highest BCUT2D eigenvalue weighted by molar-refractivity contribution is 6.01. The maximum atomic E-state index is 11.6. The molecule has 0 aliphatic heterocycles. The summed E-state index contributed by atoms with van der Waals surface area (Å²) >= 11 is 0. The number of aromatic nitrogens is 3. The van der Waals surface area contributed by atoms with E-state index in [1.165, 1.54) is 5.52 Å². The van der Waals surface area contributed by atoms with Crippen LogP contribution in [0.25, 0.3) is 33.3 Å². The van der Waals surface area contributed by atoms with Crippen molar-refractivity contribution in [2.75, 3.05) is 13.1 Å². The summed E-state index contributed by atoms with van der Waals surface area (Å²) in [5.41, 5.74) is 4.09. The Morgan fingerprint density at radius 2 is 2.12 bits per heavy atom. The van der Waals surface area contributed by atoms with Crippen molar-refractivity contribution < 1.29 is 4.42 Å². The summed E-state index contributed by atoms with van der Waals surface area (Å²) in [6.07, 6.45) is 4.88. The van der Waals surface area contributed by atoms with Gasteiger partial charge in [0.25, 0.3) is 0 Å². The van der Waals surface area contributed by atoms with Gasteiger partial charge in [0, 0.05) is 41.0 Å². The van der Waals surface area contributed by atoms with Crippen LogP contribution in [-0.2, 0) is 6.54 Å². The monoisotopic (exact) mass is 336 g/mol. The van der Waals surface area contributed by atoms with Crippen LogP contribution in [0.2, 0.25) is 0 Å². The third-order valence-electron chi connectivity index (χ3n) is 4.40. The first-order valence-corrected chi connectivity index (χ1v) is 8.54. The van der Waals surface area contributed by atoms with Crippen LogP contribution in [0.1, 0.15) is 13.3 Å². The number of nitrogens with one attached hydrogen (secondary N) is 2. The number of hydrogen-bond donors (Lipinski definition) is 2. The highest BCUT2D eigenvalue weighted by atomic mass is 16.4. The minimum Gasteiger partial charge on any atom is -0.405 e. The molecule has 0 unspecified atom stereocenters. The molecule has 128 valence electrons. The first kappa shape index (κ1) is 15.7. The van der Waals surface area contributed by atoms with Gasteiger partial charge in [-0.15, -0.1) is 0 Å². The van der Waals surface area contributed by atoms with E-state index in [9.17, 15) is 4.79 Å². The van der Waals surface area contributed by atoms with E-state index in [-0.39, 0.29) is 0 Å². The number of hydrogen-bond acceptors (Lipinski definition) is 4. The zero-order chi connectivity index (χ0) is 17.2. The second-order valence-electron chi connectivity index (χ2n) is 6.01. The van der Waals surface area contributed by atoms with Crippen molar-refractivity contribution in [2.24, 2.45) is 0 Å². The van der Waals surface area contributed by atoms with Crippen LogP contribution in [0.15, 0.2) is 51.9 Å². The molecule has 3 aromatic heterocycles. The van der Waals surface area contributed by atoms with Crippen LogP contribution < -0.4 is 11.1 Å². The Hall–Kier alpha value is -2.86. The molecule has 6 nitrogen and oxygen atoms in total. The summed E-state index contributed by atoms with van der Waals surface area (Å²) in [5, 5.41) is 4.50. The first-order valence-electron chi connectivity index (χ1n) is 8.54. The van der Waals surface area contributed by atoms with Crippen molar-refractivity contribution in [3.8, 4) is 11.1 Å². The number of rotatable bonds is 6. The largest absolute Gasteiger partial charge is 0.418 e. The summed E-state index contributed by atoms with van der Waals surface area (Å²) in [6, 6.07) is 10.2. The van der Waals surface area contributed by atoms with Crippen LogP contribution in [0.4, 0.5) is 0 Å². The Labute approximate surface area is 144 Å². The van der Waals surface area contributed by atoms with Gasteiger partial charge < -0.3 is 14.3 Å². The van der Waals surface area contributed by atoms with Gasteiger partial charge in [-0.25, -0.2) is 9.78 Å². The van der Waals surface area contributed by atoms with E-state index < -0.39 is 5.76 Å². The molecule has 6 heteroatoms. The summed E-state index contributed by atoms with van der Waals surface area (Å²) in [5.74, 6) is -0.482. The van der Waals surface area contributed by atoms with Gasteiger partial charge in [0.2, 0.25) is 0 Å². The van der Waals surface area contributed by atoms with E-state index in [1.807, 2.05) is 18.2 Å². The molecule has 0 saturated heterocycles. The van der Waals surface area contributed by atoms with Gasteiger partial charge in [0.1, 0.15) is 0 Å². The molecule has 2 N–H and O–H groups in total. The Morgan fingerprint density at radius 3 is 3.00 bits per heavy atom. The summed E-state index contributed by atoms with van der Waals surface area (Å²) in [7, 11) is 0. The SMILES string of the molecule is CCNCCCn1cc(-c2ccnc3[nH]c(=O)oc23)c2ccccc21. The number of oxazole rings is 1. The van der Waals surface area contributed by atoms with Crippen LogP contribution in [0.5, 0.6) is 0 Å². The van der Waals surface area contributed by atoms with E-state index in [0.717, 1.165) is 42.6 Å². The smallest absolute Gasteiger partial charge is 0.405 e. The molecule has 0 atom stereocenters. The van der Waals surface area contributed by atoms with Crippen LogP contribution in [-0.4, -0.2) is 27.6 Å². The van der Waals surface area contributed by atoms with E-state index in [1.54, 1.807) is 6.20 Å². The number of H-pyrrole nitrogens is 1. The normalized spacial score (nSPS) is 11.6. The second-order valence-corrected chi connectivity index (χ2v) is 6.01. The predicted molar refractivity (Wildman–Crippen MR) is 98.7 cm³/mol. The molecule has 1 aromatic carbocycles. The summed E-state index contributed by atoms with van der Waals surface area (Å²) in [6.45, 7) is 5.02. The lowest BCUT2D eigenvalue weighted by molar-refractivity contribution is 0.556. The van der Waals surface area contributed by atoms with E-state index >= 15 is 0 Å². The van der Waals surface area contributed by atoms with Gasteiger partial charge in [-0.05, 0) is 31.6 Å². The number of benzene rings is 1. The lowest BCUT2D eigenvalue weighted by atomic mass is 10.1. The average molecular weight is 336 g/mol. The Kier molecular flexibility index (Phi) is 4.11. The summed E-state index contributed by atoms with van der Waals surface area (Å²) in [4.78, 5) is 18.4. The molecular formula is C19H20N4O2. The van der Waals surface area contributed by atoms with Crippen molar-refractivity contribution in [1.29, 1.82) is 0 Å². The molecule has 0 fully saturated rings. The molecule has 0 bridgehead atoms. The van der Waals surface area contributed by atoms with Gasteiger partial charge in [0.15, 0.2) is 11.2 Å². The summed E-state index contributed by atoms with van der Waals surface area (Å²) < 4.78 is 7.59. The predicted octanol–water partition coefficient (Wildman–Crippen LogP) is 3.14. The molecule has 4 aromatic rings. The van der Waals surface area contributed by atoms with Gasteiger partial charge >= 0.3 is 5.76 Å². The van der Waals surface area contributed by atoms with Crippen LogP contribution >= 0.6 is 0 Å². The average Bonchev–Trinajstić information content (AvgIpc) is 3.18. The van der Waals surface area contributed by atoms with E-state index in [2.05, 4.69) is 45.1 Å². The minimum atomic E-state index is -0.482.